The number of aryl methyl sites for hydroxylation is 1. The van der Waals surface area contributed by atoms with Gasteiger partial charge in [-0.05, 0) is 18.9 Å². The normalized spacial score (nSPS) is 11.4. The van der Waals surface area contributed by atoms with E-state index in [4.69, 9.17) is 0 Å². The van der Waals surface area contributed by atoms with E-state index in [0.29, 0.717) is 19.3 Å². The minimum Gasteiger partial charge on any atom is -0.299 e. The van der Waals surface area contributed by atoms with Crippen molar-refractivity contribution in [3.05, 3.63) is 35.4 Å². The van der Waals surface area contributed by atoms with E-state index in [1.807, 2.05) is 31.2 Å². The average Bonchev–Trinajstić information content (AvgIpc) is 2.15. The van der Waals surface area contributed by atoms with E-state index >= 15 is 0 Å². The van der Waals surface area contributed by atoms with Crippen LogP contribution < -0.4 is 0 Å². The summed E-state index contributed by atoms with van der Waals surface area (Å²) in [5, 5.41) is 0. The molecule has 0 atom stereocenters. The fourth-order valence-electron chi connectivity index (χ4n) is 1.67. The number of sulfone groups is 1. The van der Waals surface area contributed by atoms with Crippen molar-refractivity contribution in [1.29, 1.82) is 0 Å². The molecule has 0 aliphatic carbocycles. The molecular formula is C13H18O3S. The van der Waals surface area contributed by atoms with Crippen LogP contribution in [-0.4, -0.2) is 26.2 Å². The fourth-order valence-corrected chi connectivity index (χ4v) is 2.34. The van der Waals surface area contributed by atoms with Crippen molar-refractivity contribution in [3.8, 4) is 0 Å². The summed E-state index contributed by atoms with van der Waals surface area (Å²) in [5.41, 5.74) is 2.13. The maximum Gasteiger partial charge on any atom is 0.147 e. The summed E-state index contributed by atoms with van der Waals surface area (Å²) in [4.78, 5) is 11.6. The van der Waals surface area contributed by atoms with Gasteiger partial charge in [0.05, 0.1) is 5.75 Å². The van der Waals surface area contributed by atoms with Crippen LogP contribution in [-0.2, 0) is 21.1 Å². The van der Waals surface area contributed by atoms with Gasteiger partial charge in [-0.1, -0.05) is 29.8 Å². The molecule has 0 unspecified atom stereocenters. The highest BCUT2D eigenvalue weighted by Crippen LogP contribution is 2.07. The van der Waals surface area contributed by atoms with Crippen LogP contribution in [0.4, 0.5) is 0 Å². The van der Waals surface area contributed by atoms with E-state index in [1.165, 1.54) is 6.26 Å². The standard InChI is InChI=1S/C13H18O3S/c1-11-5-3-6-12(9-11)10-13(14)7-4-8-17(2,15)16/h3,5-6,9H,4,7-8,10H2,1-2H3. The van der Waals surface area contributed by atoms with Gasteiger partial charge in [-0.3, -0.25) is 4.79 Å². The van der Waals surface area contributed by atoms with Crippen molar-refractivity contribution < 1.29 is 13.2 Å². The molecule has 0 saturated heterocycles. The van der Waals surface area contributed by atoms with E-state index in [2.05, 4.69) is 0 Å². The summed E-state index contributed by atoms with van der Waals surface area (Å²) in [6.07, 6.45) is 2.34. The summed E-state index contributed by atoms with van der Waals surface area (Å²) in [7, 11) is -2.95. The van der Waals surface area contributed by atoms with Crippen LogP contribution in [0, 0.1) is 6.92 Å². The number of ketones is 1. The molecule has 0 aliphatic heterocycles. The monoisotopic (exact) mass is 254 g/mol. The third-order valence-electron chi connectivity index (χ3n) is 2.45. The van der Waals surface area contributed by atoms with Crippen molar-refractivity contribution in [2.75, 3.05) is 12.0 Å². The minimum absolute atomic E-state index is 0.0898. The number of carbonyl (C=O) groups excluding carboxylic acids is 1. The SMILES string of the molecule is Cc1cccc(CC(=O)CCCS(C)(=O)=O)c1. The summed E-state index contributed by atoms with van der Waals surface area (Å²) in [6, 6.07) is 7.81. The van der Waals surface area contributed by atoms with Crippen molar-refractivity contribution in [2.45, 2.75) is 26.2 Å². The summed E-state index contributed by atoms with van der Waals surface area (Å²) in [5.74, 6) is 0.186. The lowest BCUT2D eigenvalue weighted by atomic mass is 10.0. The number of hydrogen-bond acceptors (Lipinski definition) is 3. The predicted octanol–water partition coefficient (Wildman–Crippen LogP) is 1.93. The summed E-state index contributed by atoms with van der Waals surface area (Å²) < 4.78 is 21.8. The molecule has 4 heteroatoms. The van der Waals surface area contributed by atoms with Gasteiger partial charge in [0.1, 0.15) is 15.6 Å². The minimum atomic E-state index is -2.95. The van der Waals surface area contributed by atoms with E-state index in [9.17, 15) is 13.2 Å². The quantitative estimate of drug-likeness (QED) is 0.779. The molecule has 0 amide bonds. The third-order valence-corrected chi connectivity index (χ3v) is 3.48. The molecule has 1 aromatic rings. The Hall–Kier alpha value is -1.16. The van der Waals surface area contributed by atoms with Gasteiger partial charge < -0.3 is 0 Å². The lowest BCUT2D eigenvalue weighted by molar-refractivity contribution is -0.118. The first-order valence-corrected chi connectivity index (χ1v) is 7.68. The number of hydrogen-bond donors (Lipinski definition) is 0. The largest absolute Gasteiger partial charge is 0.299 e. The first-order valence-electron chi connectivity index (χ1n) is 5.62. The number of benzene rings is 1. The number of Topliss-reactive ketones (excluding diaryl/α,β-unsaturated/α-hetero) is 1. The molecule has 0 fully saturated rings. The zero-order valence-electron chi connectivity index (χ0n) is 10.3. The van der Waals surface area contributed by atoms with Gasteiger partial charge in [0.2, 0.25) is 0 Å². The van der Waals surface area contributed by atoms with Crippen LogP contribution in [0.3, 0.4) is 0 Å². The molecule has 0 aliphatic rings. The van der Waals surface area contributed by atoms with Crippen LogP contribution in [0.2, 0.25) is 0 Å². The zero-order chi connectivity index (χ0) is 12.9. The highest BCUT2D eigenvalue weighted by molar-refractivity contribution is 7.90. The Labute approximate surface area is 103 Å². The maximum atomic E-state index is 11.6. The van der Waals surface area contributed by atoms with Crippen LogP contribution in [0.15, 0.2) is 24.3 Å². The van der Waals surface area contributed by atoms with Crippen LogP contribution in [0.1, 0.15) is 24.0 Å². The van der Waals surface area contributed by atoms with Gasteiger partial charge in [0.25, 0.3) is 0 Å². The smallest absolute Gasteiger partial charge is 0.147 e. The first-order chi connectivity index (χ1) is 7.87. The molecule has 0 N–H and O–H groups in total. The second kappa shape index (κ2) is 5.96. The summed E-state index contributed by atoms with van der Waals surface area (Å²) >= 11 is 0. The topological polar surface area (TPSA) is 51.2 Å². The lowest BCUT2D eigenvalue weighted by Crippen LogP contribution is -2.08. The molecule has 0 radical (unpaired) electrons. The van der Waals surface area contributed by atoms with Gasteiger partial charge >= 0.3 is 0 Å². The second-order valence-corrected chi connectivity index (χ2v) is 6.70. The molecule has 1 rings (SSSR count). The van der Waals surface area contributed by atoms with Gasteiger partial charge in [-0.15, -0.1) is 0 Å². The highest BCUT2D eigenvalue weighted by atomic mass is 32.2. The Bertz CT molecular complexity index is 489. The van der Waals surface area contributed by atoms with Gasteiger partial charge in [-0.25, -0.2) is 8.42 Å². The highest BCUT2D eigenvalue weighted by Gasteiger charge is 2.07. The van der Waals surface area contributed by atoms with Crippen molar-refractivity contribution in [1.82, 2.24) is 0 Å². The molecule has 1 aromatic carbocycles. The van der Waals surface area contributed by atoms with Crippen LogP contribution in [0.25, 0.3) is 0 Å². The van der Waals surface area contributed by atoms with Crippen LogP contribution >= 0.6 is 0 Å². The molecule has 0 heterocycles. The molecule has 0 bridgehead atoms. The van der Waals surface area contributed by atoms with E-state index in [-0.39, 0.29) is 11.5 Å². The average molecular weight is 254 g/mol. The predicted molar refractivity (Wildman–Crippen MR) is 68.8 cm³/mol. The zero-order valence-corrected chi connectivity index (χ0v) is 11.1. The molecule has 0 spiro atoms. The Kier molecular flexibility index (Phi) is 4.87. The fraction of sp³-hybridized carbons (Fsp3) is 0.462. The molecule has 94 valence electrons. The Balaban J connectivity index is 2.40. The van der Waals surface area contributed by atoms with E-state index in [1.54, 1.807) is 0 Å². The molecule has 0 saturated carbocycles. The Morgan fingerprint density at radius 2 is 2.00 bits per heavy atom. The second-order valence-electron chi connectivity index (χ2n) is 4.44. The first kappa shape index (κ1) is 13.9. The van der Waals surface area contributed by atoms with E-state index in [0.717, 1.165) is 11.1 Å². The van der Waals surface area contributed by atoms with Crippen molar-refractivity contribution >= 4 is 15.6 Å². The van der Waals surface area contributed by atoms with Gasteiger partial charge in [-0.2, -0.15) is 0 Å². The Morgan fingerprint density at radius 1 is 1.29 bits per heavy atom. The number of carbonyl (C=O) groups is 1. The van der Waals surface area contributed by atoms with Gasteiger partial charge in [0.15, 0.2) is 0 Å². The molecule has 17 heavy (non-hydrogen) atoms. The molecule has 3 nitrogen and oxygen atoms in total. The Morgan fingerprint density at radius 3 is 2.59 bits per heavy atom. The number of rotatable bonds is 6. The van der Waals surface area contributed by atoms with E-state index < -0.39 is 9.84 Å². The van der Waals surface area contributed by atoms with Crippen LogP contribution in [0.5, 0.6) is 0 Å². The lowest BCUT2D eigenvalue weighted by Gasteiger charge is -2.02. The third kappa shape index (κ3) is 6.22. The molecular weight excluding hydrogens is 236 g/mol. The maximum absolute atomic E-state index is 11.6. The molecule has 0 aromatic heterocycles. The van der Waals surface area contributed by atoms with Gasteiger partial charge in [0, 0.05) is 19.1 Å². The van der Waals surface area contributed by atoms with Crippen molar-refractivity contribution in [2.24, 2.45) is 0 Å². The summed E-state index contributed by atoms with van der Waals surface area (Å²) in [6.45, 7) is 1.98. The van der Waals surface area contributed by atoms with Crippen molar-refractivity contribution in [3.63, 3.8) is 0 Å².